The summed E-state index contributed by atoms with van der Waals surface area (Å²) >= 11 is 0. The van der Waals surface area contributed by atoms with Gasteiger partial charge in [-0.05, 0) is 25.2 Å². The van der Waals surface area contributed by atoms with E-state index in [9.17, 15) is 4.79 Å². The molecule has 1 aliphatic rings. The fourth-order valence-electron chi connectivity index (χ4n) is 1.36. The van der Waals surface area contributed by atoms with Crippen molar-refractivity contribution in [3.05, 3.63) is 0 Å². The number of carboxylic acids is 1. The summed E-state index contributed by atoms with van der Waals surface area (Å²) < 4.78 is 5.16. The lowest BCUT2D eigenvalue weighted by atomic mass is 9.95. The van der Waals surface area contributed by atoms with Crippen molar-refractivity contribution in [3.63, 3.8) is 0 Å². The third-order valence-corrected chi connectivity index (χ3v) is 2.11. The minimum absolute atomic E-state index is 0.310. The molecule has 1 fully saturated rings. The second kappa shape index (κ2) is 8.05. The zero-order valence-corrected chi connectivity index (χ0v) is 8.58. The quantitative estimate of drug-likeness (QED) is 0.739. The number of carboxylic acid groups (broad SMARTS) is 1. The Hall–Kier alpha value is -0.570. The average Bonchev–Trinajstić information content (AvgIpc) is 2.19. The van der Waals surface area contributed by atoms with E-state index in [-0.39, 0.29) is 0 Å². The van der Waals surface area contributed by atoms with Gasteiger partial charge in [0.25, 0.3) is 0 Å². The smallest absolute Gasteiger partial charge is 0.303 e. The molecule has 0 aromatic carbocycles. The van der Waals surface area contributed by atoms with Crippen molar-refractivity contribution in [2.75, 3.05) is 13.2 Å². The molecule has 78 valence electrons. The molecule has 0 aliphatic carbocycles. The zero-order chi connectivity index (χ0) is 10.1. The van der Waals surface area contributed by atoms with Gasteiger partial charge in [-0.15, -0.1) is 0 Å². The predicted octanol–water partition coefficient (Wildman–Crippen LogP) is 2.30. The first-order valence-electron chi connectivity index (χ1n) is 5.08. The van der Waals surface area contributed by atoms with Crippen molar-refractivity contribution in [1.82, 2.24) is 0 Å². The summed E-state index contributed by atoms with van der Waals surface area (Å²) in [6, 6.07) is 0. The highest BCUT2D eigenvalue weighted by Crippen LogP contribution is 2.19. The molecule has 0 aromatic rings. The molecule has 0 aromatic heterocycles. The molecule has 1 heterocycles. The number of rotatable bonds is 3. The molecule has 3 heteroatoms. The fraction of sp³-hybridized carbons (Fsp3) is 0.900. The van der Waals surface area contributed by atoms with Crippen LogP contribution in [0.2, 0.25) is 0 Å². The van der Waals surface area contributed by atoms with Gasteiger partial charge in [0.15, 0.2) is 0 Å². The van der Waals surface area contributed by atoms with Crippen molar-refractivity contribution in [3.8, 4) is 0 Å². The zero-order valence-electron chi connectivity index (χ0n) is 8.58. The molecule has 3 nitrogen and oxygen atoms in total. The standard InChI is InChI=1S/C8H14O3.C2H6/c9-8(10)2-1-7-3-5-11-6-4-7;1-2/h7H,1-6H2,(H,9,10);1-2H3. The number of aliphatic carboxylic acids is 1. The molecule has 0 amide bonds. The third kappa shape index (κ3) is 6.58. The van der Waals surface area contributed by atoms with Crippen molar-refractivity contribution >= 4 is 5.97 Å². The van der Waals surface area contributed by atoms with Crippen LogP contribution in [-0.4, -0.2) is 24.3 Å². The molecular formula is C10H20O3. The maximum absolute atomic E-state index is 10.2. The Morgan fingerprint density at radius 3 is 2.38 bits per heavy atom. The van der Waals surface area contributed by atoms with Crippen LogP contribution in [0.15, 0.2) is 0 Å². The van der Waals surface area contributed by atoms with E-state index in [1.54, 1.807) is 0 Å². The summed E-state index contributed by atoms with van der Waals surface area (Å²) in [4.78, 5) is 10.2. The van der Waals surface area contributed by atoms with E-state index in [0.29, 0.717) is 12.3 Å². The first kappa shape index (κ1) is 12.4. The highest BCUT2D eigenvalue weighted by atomic mass is 16.5. The van der Waals surface area contributed by atoms with Gasteiger partial charge in [0, 0.05) is 19.6 Å². The first-order chi connectivity index (χ1) is 6.29. The van der Waals surface area contributed by atoms with Crippen molar-refractivity contribution in [2.24, 2.45) is 5.92 Å². The van der Waals surface area contributed by atoms with Gasteiger partial charge >= 0.3 is 5.97 Å². The summed E-state index contributed by atoms with van der Waals surface area (Å²) in [6.07, 6.45) is 3.20. The van der Waals surface area contributed by atoms with Gasteiger partial charge in [0.2, 0.25) is 0 Å². The van der Waals surface area contributed by atoms with Crippen LogP contribution in [0.4, 0.5) is 0 Å². The molecular weight excluding hydrogens is 168 g/mol. The van der Waals surface area contributed by atoms with E-state index in [1.165, 1.54) is 0 Å². The first-order valence-corrected chi connectivity index (χ1v) is 5.08. The summed E-state index contributed by atoms with van der Waals surface area (Å²) in [7, 11) is 0. The highest BCUT2D eigenvalue weighted by Gasteiger charge is 2.14. The topological polar surface area (TPSA) is 46.5 Å². The highest BCUT2D eigenvalue weighted by molar-refractivity contribution is 5.66. The van der Waals surface area contributed by atoms with E-state index in [0.717, 1.165) is 32.5 Å². The van der Waals surface area contributed by atoms with Gasteiger partial charge < -0.3 is 9.84 Å². The van der Waals surface area contributed by atoms with Crippen molar-refractivity contribution < 1.29 is 14.6 Å². The van der Waals surface area contributed by atoms with Crippen LogP contribution in [0.1, 0.15) is 39.5 Å². The normalized spacial score (nSPS) is 17.4. The lowest BCUT2D eigenvalue weighted by molar-refractivity contribution is -0.137. The molecule has 1 N–H and O–H groups in total. The number of carbonyl (C=O) groups is 1. The second-order valence-corrected chi connectivity index (χ2v) is 2.99. The Morgan fingerprint density at radius 2 is 1.92 bits per heavy atom. The Morgan fingerprint density at radius 1 is 1.38 bits per heavy atom. The Balaban J connectivity index is 0.000000671. The monoisotopic (exact) mass is 188 g/mol. The van der Waals surface area contributed by atoms with Crippen molar-refractivity contribution in [2.45, 2.75) is 39.5 Å². The van der Waals surface area contributed by atoms with Crippen LogP contribution in [0.5, 0.6) is 0 Å². The van der Waals surface area contributed by atoms with Crippen LogP contribution < -0.4 is 0 Å². The maximum Gasteiger partial charge on any atom is 0.303 e. The molecule has 0 radical (unpaired) electrons. The van der Waals surface area contributed by atoms with Crippen LogP contribution in [0.25, 0.3) is 0 Å². The van der Waals surface area contributed by atoms with Gasteiger partial charge in [-0.2, -0.15) is 0 Å². The number of ether oxygens (including phenoxy) is 1. The van der Waals surface area contributed by atoms with Crippen LogP contribution in [0.3, 0.4) is 0 Å². The number of hydrogen-bond acceptors (Lipinski definition) is 2. The Labute approximate surface area is 80.1 Å². The molecule has 1 saturated heterocycles. The predicted molar refractivity (Wildman–Crippen MR) is 51.8 cm³/mol. The molecule has 1 aliphatic heterocycles. The Bertz CT molecular complexity index is 128. The van der Waals surface area contributed by atoms with Gasteiger partial charge in [0.05, 0.1) is 0 Å². The SMILES string of the molecule is CC.O=C(O)CCC1CCOCC1. The molecule has 0 atom stereocenters. The van der Waals surface area contributed by atoms with E-state index in [4.69, 9.17) is 9.84 Å². The molecule has 1 rings (SSSR count). The minimum atomic E-state index is -0.684. The van der Waals surface area contributed by atoms with Crippen molar-refractivity contribution in [1.29, 1.82) is 0 Å². The van der Waals surface area contributed by atoms with E-state index in [1.807, 2.05) is 13.8 Å². The van der Waals surface area contributed by atoms with Crippen LogP contribution in [0, 0.1) is 5.92 Å². The molecule has 0 spiro atoms. The minimum Gasteiger partial charge on any atom is -0.481 e. The molecule has 13 heavy (non-hydrogen) atoms. The lowest BCUT2D eigenvalue weighted by Crippen LogP contribution is -2.16. The number of hydrogen-bond donors (Lipinski definition) is 1. The maximum atomic E-state index is 10.2. The summed E-state index contributed by atoms with van der Waals surface area (Å²) in [5.41, 5.74) is 0. The fourth-order valence-corrected chi connectivity index (χ4v) is 1.36. The molecule has 0 saturated carbocycles. The van der Waals surface area contributed by atoms with Gasteiger partial charge in [0.1, 0.15) is 0 Å². The Kier molecular flexibility index (Phi) is 7.69. The summed E-state index contributed by atoms with van der Waals surface area (Å²) in [6.45, 7) is 5.62. The van der Waals surface area contributed by atoms with Crippen LogP contribution >= 0.6 is 0 Å². The average molecular weight is 188 g/mol. The van der Waals surface area contributed by atoms with Crippen LogP contribution in [-0.2, 0) is 9.53 Å². The van der Waals surface area contributed by atoms with E-state index in [2.05, 4.69) is 0 Å². The van der Waals surface area contributed by atoms with Gasteiger partial charge in [-0.25, -0.2) is 0 Å². The summed E-state index contributed by atoms with van der Waals surface area (Å²) in [5, 5.41) is 8.41. The summed E-state index contributed by atoms with van der Waals surface area (Å²) in [5.74, 6) is -0.101. The van der Waals surface area contributed by atoms with E-state index >= 15 is 0 Å². The molecule has 0 bridgehead atoms. The van der Waals surface area contributed by atoms with Gasteiger partial charge in [-0.1, -0.05) is 13.8 Å². The third-order valence-electron chi connectivity index (χ3n) is 2.11. The largest absolute Gasteiger partial charge is 0.481 e. The lowest BCUT2D eigenvalue weighted by Gasteiger charge is -2.20. The van der Waals surface area contributed by atoms with Gasteiger partial charge in [-0.3, -0.25) is 4.79 Å². The molecule has 0 unspecified atom stereocenters. The van der Waals surface area contributed by atoms with E-state index < -0.39 is 5.97 Å². The second-order valence-electron chi connectivity index (χ2n) is 2.99.